The van der Waals surface area contributed by atoms with Crippen LogP contribution in [0.1, 0.15) is 16.8 Å². The van der Waals surface area contributed by atoms with E-state index in [1.54, 1.807) is 17.9 Å². The van der Waals surface area contributed by atoms with Gasteiger partial charge in [0.25, 0.3) is 0 Å². The third kappa shape index (κ3) is 2.88. The minimum absolute atomic E-state index is 0.310. The van der Waals surface area contributed by atoms with Gasteiger partial charge < -0.3 is 15.2 Å². The molecule has 0 aliphatic heterocycles. The number of phenols is 1. The first-order chi connectivity index (χ1) is 9.13. The zero-order chi connectivity index (χ0) is 13.8. The fourth-order valence-corrected chi connectivity index (χ4v) is 2.12. The number of rotatable bonds is 5. The highest BCUT2D eigenvalue weighted by Crippen LogP contribution is 2.21. The number of hydrogen-bond acceptors (Lipinski definition) is 4. The summed E-state index contributed by atoms with van der Waals surface area (Å²) in [6.07, 6.45) is 0. The number of nitrogens with one attached hydrogen (secondary N) is 1. The quantitative estimate of drug-likeness (QED) is 0.860. The summed E-state index contributed by atoms with van der Waals surface area (Å²) >= 11 is 0. The van der Waals surface area contributed by atoms with Crippen LogP contribution in [0, 0.1) is 6.92 Å². The van der Waals surface area contributed by atoms with Crippen molar-refractivity contribution < 1.29 is 9.84 Å². The number of aromatic hydroxyl groups is 1. The van der Waals surface area contributed by atoms with E-state index in [-0.39, 0.29) is 0 Å². The van der Waals surface area contributed by atoms with Crippen molar-refractivity contribution in [3.63, 3.8) is 0 Å². The molecule has 19 heavy (non-hydrogen) atoms. The predicted octanol–water partition coefficient (Wildman–Crippen LogP) is 1.73. The largest absolute Gasteiger partial charge is 0.508 e. The molecular formula is C14H19N3O2. The summed E-state index contributed by atoms with van der Waals surface area (Å²) in [5, 5.41) is 17.3. The maximum Gasteiger partial charge on any atom is 0.216 e. The third-order valence-corrected chi connectivity index (χ3v) is 3.09. The van der Waals surface area contributed by atoms with Crippen LogP contribution in [0.4, 0.5) is 0 Å². The fourth-order valence-electron chi connectivity index (χ4n) is 2.12. The van der Waals surface area contributed by atoms with Crippen LogP contribution in [0.5, 0.6) is 11.6 Å². The van der Waals surface area contributed by atoms with Gasteiger partial charge >= 0.3 is 0 Å². The molecule has 5 nitrogen and oxygen atoms in total. The molecule has 0 unspecified atom stereocenters. The van der Waals surface area contributed by atoms with E-state index >= 15 is 0 Å². The molecule has 5 heteroatoms. The van der Waals surface area contributed by atoms with E-state index < -0.39 is 0 Å². The summed E-state index contributed by atoms with van der Waals surface area (Å²) in [6, 6.07) is 7.31. The molecule has 1 aromatic heterocycles. The van der Waals surface area contributed by atoms with Gasteiger partial charge in [0.05, 0.1) is 18.4 Å². The number of benzene rings is 1. The minimum Gasteiger partial charge on any atom is -0.508 e. The second kappa shape index (κ2) is 5.75. The van der Waals surface area contributed by atoms with Crippen molar-refractivity contribution in [2.24, 2.45) is 7.05 Å². The number of hydrogen-bond donors (Lipinski definition) is 2. The number of methoxy groups -OCH3 is 1. The molecule has 2 N–H and O–H groups in total. The van der Waals surface area contributed by atoms with Crippen LogP contribution in [-0.4, -0.2) is 22.0 Å². The number of aromatic nitrogens is 2. The van der Waals surface area contributed by atoms with E-state index in [9.17, 15) is 5.11 Å². The van der Waals surface area contributed by atoms with Gasteiger partial charge in [-0.15, -0.1) is 0 Å². The highest BCUT2D eigenvalue weighted by atomic mass is 16.5. The van der Waals surface area contributed by atoms with Crippen LogP contribution < -0.4 is 10.1 Å². The molecular weight excluding hydrogens is 242 g/mol. The number of aryl methyl sites for hydroxylation is 2. The van der Waals surface area contributed by atoms with Gasteiger partial charge in [-0.05, 0) is 13.0 Å². The van der Waals surface area contributed by atoms with Gasteiger partial charge in [0.2, 0.25) is 5.88 Å². The molecule has 2 rings (SSSR count). The first-order valence-electron chi connectivity index (χ1n) is 6.17. The van der Waals surface area contributed by atoms with Crippen molar-refractivity contribution in [2.75, 3.05) is 7.11 Å². The lowest BCUT2D eigenvalue weighted by atomic mass is 10.2. The molecule has 1 aromatic carbocycles. The molecule has 0 saturated carbocycles. The number of nitrogens with zero attached hydrogens (tertiary/aromatic N) is 2. The Kier molecular flexibility index (Phi) is 4.06. The van der Waals surface area contributed by atoms with E-state index in [1.807, 2.05) is 32.2 Å². The molecule has 0 atom stereocenters. The summed E-state index contributed by atoms with van der Waals surface area (Å²) in [6.45, 7) is 3.21. The van der Waals surface area contributed by atoms with Crippen molar-refractivity contribution >= 4 is 0 Å². The highest BCUT2D eigenvalue weighted by molar-refractivity contribution is 5.33. The number of phenolic OH excluding ortho intramolecular Hbond substituents is 1. The Morgan fingerprint density at radius 3 is 2.74 bits per heavy atom. The van der Waals surface area contributed by atoms with Crippen LogP contribution in [0.2, 0.25) is 0 Å². The van der Waals surface area contributed by atoms with Crippen molar-refractivity contribution in [1.29, 1.82) is 0 Å². The summed E-state index contributed by atoms with van der Waals surface area (Å²) in [4.78, 5) is 0. The van der Waals surface area contributed by atoms with Crippen LogP contribution in [0.25, 0.3) is 0 Å². The van der Waals surface area contributed by atoms with Crippen LogP contribution in [0.15, 0.2) is 24.3 Å². The second-order valence-corrected chi connectivity index (χ2v) is 4.43. The monoisotopic (exact) mass is 261 g/mol. The average molecular weight is 261 g/mol. The predicted molar refractivity (Wildman–Crippen MR) is 73.1 cm³/mol. The van der Waals surface area contributed by atoms with Crippen molar-refractivity contribution in [3.05, 3.63) is 41.1 Å². The Morgan fingerprint density at radius 2 is 2.05 bits per heavy atom. The lowest BCUT2D eigenvalue weighted by Crippen LogP contribution is -2.13. The fraction of sp³-hybridized carbons (Fsp3) is 0.357. The summed E-state index contributed by atoms with van der Waals surface area (Å²) in [5.41, 5.74) is 2.87. The van der Waals surface area contributed by atoms with E-state index in [4.69, 9.17) is 4.74 Å². The zero-order valence-electron chi connectivity index (χ0n) is 11.5. The molecule has 102 valence electrons. The van der Waals surface area contributed by atoms with Crippen molar-refractivity contribution in [2.45, 2.75) is 20.0 Å². The first-order valence-corrected chi connectivity index (χ1v) is 6.17. The molecule has 0 fully saturated rings. The van der Waals surface area contributed by atoms with Gasteiger partial charge in [-0.2, -0.15) is 5.10 Å². The lowest BCUT2D eigenvalue weighted by molar-refractivity contribution is 0.368. The molecule has 0 amide bonds. The van der Waals surface area contributed by atoms with E-state index in [0.29, 0.717) is 18.8 Å². The topological polar surface area (TPSA) is 59.3 Å². The average Bonchev–Trinajstić information content (AvgIpc) is 2.66. The molecule has 0 spiro atoms. The Morgan fingerprint density at radius 1 is 1.32 bits per heavy atom. The molecule has 2 aromatic rings. The SMILES string of the molecule is COc1c(CNCc2ccccc2O)c(C)nn1C. The molecule has 0 aliphatic carbocycles. The standard InChI is InChI=1S/C14H19N3O2/c1-10-12(14(19-3)17(2)16-10)9-15-8-11-6-4-5-7-13(11)18/h4-7,15,18H,8-9H2,1-3H3. The Hall–Kier alpha value is -2.01. The molecule has 0 saturated heterocycles. The van der Waals surface area contributed by atoms with Crippen molar-refractivity contribution in [1.82, 2.24) is 15.1 Å². The number of para-hydroxylation sites is 1. The lowest BCUT2D eigenvalue weighted by Gasteiger charge is -2.08. The Balaban J connectivity index is 2.02. The molecule has 0 aliphatic rings. The Labute approximate surface area is 112 Å². The van der Waals surface area contributed by atoms with Crippen LogP contribution >= 0.6 is 0 Å². The molecule has 0 bridgehead atoms. The van der Waals surface area contributed by atoms with Crippen LogP contribution in [-0.2, 0) is 20.1 Å². The van der Waals surface area contributed by atoms with E-state index in [0.717, 1.165) is 22.7 Å². The highest BCUT2D eigenvalue weighted by Gasteiger charge is 2.13. The van der Waals surface area contributed by atoms with Gasteiger partial charge in [0, 0.05) is 25.7 Å². The maximum atomic E-state index is 9.69. The van der Waals surface area contributed by atoms with Gasteiger partial charge in [-0.25, -0.2) is 4.68 Å². The minimum atomic E-state index is 0.310. The first kappa shape index (κ1) is 13.4. The zero-order valence-corrected chi connectivity index (χ0v) is 11.5. The number of ether oxygens (including phenoxy) is 1. The van der Waals surface area contributed by atoms with Gasteiger partial charge in [0.15, 0.2) is 0 Å². The van der Waals surface area contributed by atoms with E-state index in [1.165, 1.54) is 0 Å². The van der Waals surface area contributed by atoms with Crippen molar-refractivity contribution in [3.8, 4) is 11.6 Å². The second-order valence-electron chi connectivity index (χ2n) is 4.43. The summed E-state index contributed by atoms with van der Waals surface area (Å²) in [7, 11) is 3.50. The normalized spacial score (nSPS) is 10.7. The summed E-state index contributed by atoms with van der Waals surface area (Å²) < 4.78 is 7.06. The third-order valence-electron chi connectivity index (χ3n) is 3.09. The van der Waals surface area contributed by atoms with Crippen LogP contribution in [0.3, 0.4) is 0 Å². The van der Waals surface area contributed by atoms with E-state index in [2.05, 4.69) is 10.4 Å². The van der Waals surface area contributed by atoms with Gasteiger partial charge in [0.1, 0.15) is 5.75 Å². The van der Waals surface area contributed by atoms with Gasteiger partial charge in [-0.1, -0.05) is 18.2 Å². The molecule has 1 heterocycles. The smallest absolute Gasteiger partial charge is 0.216 e. The Bertz CT molecular complexity index is 564. The van der Waals surface area contributed by atoms with Gasteiger partial charge in [-0.3, -0.25) is 0 Å². The summed E-state index contributed by atoms with van der Waals surface area (Å²) in [5.74, 6) is 1.08. The molecule has 0 radical (unpaired) electrons. The maximum absolute atomic E-state index is 9.69.